The molecule has 2 aromatic carbocycles. The van der Waals surface area contributed by atoms with Gasteiger partial charge in [-0.25, -0.2) is 0 Å². The lowest BCUT2D eigenvalue weighted by molar-refractivity contribution is 0.181. The van der Waals surface area contributed by atoms with Crippen LogP contribution in [-0.4, -0.2) is 25.4 Å². The van der Waals surface area contributed by atoms with Crippen molar-refractivity contribution in [2.75, 3.05) is 20.3 Å². The van der Waals surface area contributed by atoms with Gasteiger partial charge >= 0.3 is 0 Å². The zero-order valence-electron chi connectivity index (χ0n) is 14.4. The first-order chi connectivity index (χ1) is 11.2. The molecule has 0 radical (unpaired) electrons. The SMILES string of the molecule is C.CC.COC[C@@H](N)c1ccccc1.N[C@H](CO)c1ccccc1. The molecule has 2 aromatic rings. The average Bonchev–Trinajstić information content (AvgIpc) is 2.65. The van der Waals surface area contributed by atoms with Gasteiger partial charge in [-0.05, 0) is 11.1 Å². The number of benzene rings is 2. The number of ether oxygens (including phenoxy) is 1. The van der Waals surface area contributed by atoms with Crippen molar-refractivity contribution in [1.29, 1.82) is 0 Å². The van der Waals surface area contributed by atoms with E-state index in [1.54, 1.807) is 7.11 Å². The van der Waals surface area contributed by atoms with E-state index in [0.717, 1.165) is 11.1 Å². The summed E-state index contributed by atoms with van der Waals surface area (Å²) in [6.07, 6.45) is 0. The van der Waals surface area contributed by atoms with Gasteiger partial charge in [0.15, 0.2) is 0 Å². The van der Waals surface area contributed by atoms with Crippen LogP contribution in [0.2, 0.25) is 0 Å². The molecule has 0 fully saturated rings. The van der Waals surface area contributed by atoms with Crippen LogP contribution in [0.1, 0.15) is 44.5 Å². The molecule has 2 atom stereocenters. The second-order valence-electron chi connectivity index (χ2n) is 4.67. The van der Waals surface area contributed by atoms with Crippen LogP contribution in [0.3, 0.4) is 0 Å². The Kier molecular flexibility index (Phi) is 16.5. The Labute approximate surface area is 147 Å². The molecule has 0 amide bonds. The topological polar surface area (TPSA) is 81.5 Å². The third-order valence-corrected chi connectivity index (χ3v) is 3.00. The first-order valence-electron chi connectivity index (χ1n) is 7.90. The number of hydrogen-bond donors (Lipinski definition) is 3. The molecule has 0 saturated carbocycles. The Morgan fingerprint density at radius 2 is 1.21 bits per heavy atom. The Bertz CT molecular complexity index is 478. The lowest BCUT2D eigenvalue weighted by Gasteiger charge is -2.09. The largest absolute Gasteiger partial charge is 0.394 e. The van der Waals surface area contributed by atoms with Crippen LogP contribution in [0.15, 0.2) is 60.7 Å². The number of aliphatic hydroxyl groups excluding tert-OH is 1. The van der Waals surface area contributed by atoms with Crippen molar-refractivity contribution in [1.82, 2.24) is 0 Å². The molecule has 4 heteroatoms. The number of aliphatic hydroxyl groups is 1. The number of nitrogens with two attached hydrogens (primary N) is 2. The molecule has 0 saturated heterocycles. The minimum absolute atomic E-state index is 0. The van der Waals surface area contributed by atoms with E-state index >= 15 is 0 Å². The van der Waals surface area contributed by atoms with Crippen molar-refractivity contribution in [3.8, 4) is 0 Å². The molecular formula is C20H34N2O2. The van der Waals surface area contributed by atoms with Gasteiger partial charge in [-0.1, -0.05) is 81.9 Å². The van der Waals surface area contributed by atoms with Crippen molar-refractivity contribution in [2.24, 2.45) is 11.5 Å². The minimum atomic E-state index is -0.235. The van der Waals surface area contributed by atoms with Crippen molar-refractivity contribution in [2.45, 2.75) is 33.4 Å². The molecule has 0 spiro atoms. The van der Waals surface area contributed by atoms with Gasteiger partial charge in [0.2, 0.25) is 0 Å². The Balaban J connectivity index is 0. The summed E-state index contributed by atoms with van der Waals surface area (Å²) in [4.78, 5) is 0. The second kappa shape index (κ2) is 16.1. The Morgan fingerprint density at radius 1 is 0.833 bits per heavy atom. The lowest BCUT2D eigenvalue weighted by atomic mass is 10.1. The summed E-state index contributed by atoms with van der Waals surface area (Å²) < 4.78 is 4.93. The Hall–Kier alpha value is -1.72. The van der Waals surface area contributed by atoms with Crippen LogP contribution in [0.25, 0.3) is 0 Å². The van der Waals surface area contributed by atoms with Crippen LogP contribution < -0.4 is 11.5 Å². The molecule has 5 N–H and O–H groups in total. The maximum atomic E-state index is 8.66. The van der Waals surface area contributed by atoms with E-state index in [0.29, 0.717) is 6.61 Å². The normalized spacial score (nSPS) is 11.6. The van der Waals surface area contributed by atoms with E-state index in [1.807, 2.05) is 74.5 Å². The zero-order valence-corrected chi connectivity index (χ0v) is 14.4. The summed E-state index contributed by atoms with van der Waals surface area (Å²) in [6, 6.07) is 19.2. The highest BCUT2D eigenvalue weighted by molar-refractivity contribution is 5.18. The van der Waals surface area contributed by atoms with Gasteiger partial charge in [0.1, 0.15) is 0 Å². The van der Waals surface area contributed by atoms with Gasteiger partial charge in [-0.15, -0.1) is 0 Å². The molecule has 0 aliphatic carbocycles. The molecule has 136 valence electrons. The predicted molar refractivity (Wildman–Crippen MR) is 104 cm³/mol. The summed E-state index contributed by atoms with van der Waals surface area (Å²) in [7, 11) is 1.66. The fourth-order valence-corrected chi connectivity index (χ4v) is 1.78. The molecule has 0 bridgehead atoms. The minimum Gasteiger partial charge on any atom is -0.394 e. The predicted octanol–water partition coefficient (Wildman–Crippen LogP) is 3.67. The van der Waals surface area contributed by atoms with Gasteiger partial charge in [-0.2, -0.15) is 0 Å². The van der Waals surface area contributed by atoms with Crippen molar-refractivity contribution in [3.63, 3.8) is 0 Å². The fraction of sp³-hybridized carbons (Fsp3) is 0.400. The second-order valence-corrected chi connectivity index (χ2v) is 4.67. The van der Waals surface area contributed by atoms with Crippen molar-refractivity contribution in [3.05, 3.63) is 71.8 Å². The van der Waals surface area contributed by atoms with E-state index in [4.69, 9.17) is 21.3 Å². The number of rotatable bonds is 5. The summed E-state index contributed by atoms with van der Waals surface area (Å²) >= 11 is 0. The first-order valence-corrected chi connectivity index (χ1v) is 7.90. The molecule has 0 aliphatic heterocycles. The van der Waals surface area contributed by atoms with E-state index < -0.39 is 0 Å². The van der Waals surface area contributed by atoms with Crippen LogP contribution in [-0.2, 0) is 4.74 Å². The number of hydrogen-bond acceptors (Lipinski definition) is 4. The monoisotopic (exact) mass is 334 g/mol. The van der Waals surface area contributed by atoms with Crippen LogP contribution in [0.4, 0.5) is 0 Å². The van der Waals surface area contributed by atoms with Gasteiger partial charge in [0.05, 0.1) is 25.3 Å². The molecule has 2 rings (SSSR count). The quantitative estimate of drug-likeness (QED) is 0.779. The third kappa shape index (κ3) is 10.1. The highest BCUT2D eigenvalue weighted by Crippen LogP contribution is 2.08. The van der Waals surface area contributed by atoms with Gasteiger partial charge in [-0.3, -0.25) is 0 Å². The first kappa shape index (κ1) is 24.5. The standard InChI is InChI=1S/C9H13NO.C8H11NO.C2H6.CH4/c1-11-7-9(10)8-5-3-2-4-6-8;9-8(6-10)7-4-2-1-3-5-7;1-2;/h2-6,9H,7,10H2,1H3;1-5,8,10H,6,9H2;1-2H3;1H4/t9-;8-;;/m11../s1. The molecule has 0 heterocycles. The summed E-state index contributed by atoms with van der Waals surface area (Å²) in [5, 5.41) is 8.66. The molecule has 24 heavy (non-hydrogen) atoms. The summed E-state index contributed by atoms with van der Waals surface area (Å²) in [5.74, 6) is 0. The molecule has 0 unspecified atom stereocenters. The zero-order chi connectivity index (χ0) is 17.5. The van der Waals surface area contributed by atoms with E-state index in [9.17, 15) is 0 Å². The van der Waals surface area contributed by atoms with Gasteiger partial charge in [0, 0.05) is 7.11 Å². The Morgan fingerprint density at radius 3 is 1.54 bits per heavy atom. The maximum Gasteiger partial charge on any atom is 0.0655 e. The summed E-state index contributed by atoms with van der Waals surface area (Å²) in [6.45, 7) is 4.58. The van der Waals surface area contributed by atoms with E-state index in [1.165, 1.54) is 0 Å². The smallest absolute Gasteiger partial charge is 0.0655 e. The van der Waals surface area contributed by atoms with E-state index in [2.05, 4.69) is 0 Å². The number of methoxy groups -OCH3 is 1. The molecule has 0 aliphatic rings. The van der Waals surface area contributed by atoms with Gasteiger partial charge < -0.3 is 21.3 Å². The third-order valence-electron chi connectivity index (χ3n) is 3.00. The van der Waals surface area contributed by atoms with Crippen LogP contribution >= 0.6 is 0 Å². The molecule has 4 nitrogen and oxygen atoms in total. The van der Waals surface area contributed by atoms with Crippen molar-refractivity contribution < 1.29 is 9.84 Å². The van der Waals surface area contributed by atoms with Gasteiger partial charge in [0.25, 0.3) is 0 Å². The average molecular weight is 335 g/mol. The van der Waals surface area contributed by atoms with Crippen LogP contribution in [0.5, 0.6) is 0 Å². The summed E-state index contributed by atoms with van der Waals surface area (Å²) in [5.41, 5.74) is 13.4. The fourth-order valence-electron chi connectivity index (χ4n) is 1.78. The lowest BCUT2D eigenvalue weighted by Crippen LogP contribution is -2.15. The van der Waals surface area contributed by atoms with E-state index in [-0.39, 0.29) is 26.1 Å². The molecular weight excluding hydrogens is 300 g/mol. The highest BCUT2D eigenvalue weighted by Gasteiger charge is 2.02. The van der Waals surface area contributed by atoms with Crippen LogP contribution in [0, 0.1) is 0 Å². The highest BCUT2D eigenvalue weighted by atomic mass is 16.5. The molecule has 0 aromatic heterocycles. The maximum absolute atomic E-state index is 8.66. The van der Waals surface area contributed by atoms with Crippen molar-refractivity contribution >= 4 is 0 Å².